The van der Waals surface area contributed by atoms with Crippen molar-refractivity contribution < 1.29 is 57.8 Å². The van der Waals surface area contributed by atoms with E-state index in [4.69, 9.17) is 28.4 Å². The number of benzene rings is 4. The summed E-state index contributed by atoms with van der Waals surface area (Å²) in [7, 11) is 0. The van der Waals surface area contributed by atoms with Gasteiger partial charge in [-0.1, -0.05) is 60.7 Å². The summed E-state index contributed by atoms with van der Waals surface area (Å²) in [5.41, 5.74) is 7.62. The highest BCUT2D eigenvalue weighted by atomic mass is 16.7. The molecule has 4 aromatic rings. The maximum absolute atomic E-state index is 13.6. The van der Waals surface area contributed by atoms with Gasteiger partial charge in [0.2, 0.25) is 37.9 Å². The van der Waals surface area contributed by atoms with Gasteiger partial charge in [-0.05, 0) is 85.3 Å². The Labute approximate surface area is 378 Å². The minimum atomic E-state index is -0.804. The molecule has 2 aliphatic carbocycles. The van der Waals surface area contributed by atoms with E-state index in [2.05, 4.69) is 0 Å². The predicted molar refractivity (Wildman–Crippen MR) is 233 cm³/mol. The van der Waals surface area contributed by atoms with Crippen LogP contribution >= 0.6 is 0 Å². The van der Waals surface area contributed by atoms with Crippen molar-refractivity contribution in [1.82, 2.24) is 19.6 Å². The molecular formula is C50H44N4O12. The van der Waals surface area contributed by atoms with Crippen LogP contribution in [0.15, 0.2) is 120 Å². The van der Waals surface area contributed by atoms with Gasteiger partial charge in [-0.25, -0.2) is 0 Å². The average Bonchev–Trinajstić information content (AvgIpc) is 4.21. The van der Waals surface area contributed by atoms with Gasteiger partial charge in [0.1, 0.15) is 13.1 Å². The maximum Gasteiger partial charge on any atom is 0.275 e. The molecule has 336 valence electrons. The third kappa shape index (κ3) is 6.57. The summed E-state index contributed by atoms with van der Waals surface area (Å²) in [6, 6.07) is 25.7. The van der Waals surface area contributed by atoms with Crippen molar-refractivity contribution in [2.45, 2.75) is 51.2 Å². The van der Waals surface area contributed by atoms with Crippen molar-refractivity contribution in [3.05, 3.63) is 153 Å². The number of fused-ring (bicyclic) bond motifs is 6. The number of ether oxygens (including phenoxy) is 6. The lowest BCUT2D eigenvalue weighted by atomic mass is 10.0. The summed E-state index contributed by atoms with van der Waals surface area (Å²) in [6.07, 6.45) is 3.89. The highest BCUT2D eigenvalue weighted by molar-refractivity contribution is 6.08. The normalized spacial score (nSPS) is 21.8. The zero-order valence-electron chi connectivity index (χ0n) is 36.0. The van der Waals surface area contributed by atoms with Crippen LogP contribution in [-0.4, -0.2) is 105 Å². The van der Waals surface area contributed by atoms with Crippen LogP contribution in [0.3, 0.4) is 0 Å². The highest BCUT2D eigenvalue weighted by Gasteiger charge is 2.51. The summed E-state index contributed by atoms with van der Waals surface area (Å²) in [5, 5.41) is 19.3. The van der Waals surface area contributed by atoms with Crippen molar-refractivity contribution >= 4 is 34.8 Å². The van der Waals surface area contributed by atoms with E-state index in [9.17, 15) is 29.4 Å². The molecule has 0 spiro atoms. The van der Waals surface area contributed by atoms with Crippen molar-refractivity contribution in [2.24, 2.45) is 0 Å². The molecule has 0 bridgehead atoms. The number of amides is 4. The molecule has 0 unspecified atom stereocenters. The van der Waals surface area contributed by atoms with E-state index >= 15 is 0 Å². The summed E-state index contributed by atoms with van der Waals surface area (Å²) < 4.78 is 34.6. The third-order valence-electron chi connectivity index (χ3n) is 13.0. The summed E-state index contributed by atoms with van der Waals surface area (Å²) in [5.74, 6) is 1.96. The molecule has 16 nitrogen and oxygen atoms in total. The first kappa shape index (κ1) is 41.2. The Morgan fingerprint density at radius 1 is 0.561 bits per heavy atom. The van der Waals surface area contributed by atoms with Crippen molar-refractivity contribution in [2.75, 3.05) is 39.9 Å². The van der Waals surface area contributed by atoms with E-state index in [1.54, 1.807) is 38.1 Å². The van der Waals surface area contributed by atoms with Gasteiger partial charge in [-0.15, -0.1) is 0 Å². The molecular weight excluding hydrogens is 849 g/mol. The van der Waals surface area contributed by atoms with Crippen molar-refractivity contribution in [3.8, 4) is 23.0 Å². The topological polar surface area (TPSA) is 177 Å². The fourth-order valence-corrected chi connectivity index (χ4v) is 9.52. The number of hydrogen-bond acceptors (Lipinski definition) is 12. The molecule has 0 saturated carbocycles. The number of aliphatic hydroxyl groups is 2. The molecule has 16 heteroatoms. The number of carbonyl (C=O) groups excluding carboxylic acids is 4. The Hall–Kier alpha value is -7.56. The Kier molecular flexibility index (Phi) is 10.1. The van der Waals surface area contributed by atoms with E-state index in [0.29, 0.717) is 45.6 Å². The lowest BCUT2D eigenvalue weighted by Gasteiger charge is -2.37. The standard InChI is InChI=1S/2C25H22N2O6/c2*1-14(12-28)26-11-21(29)27-22(24(26)30)23(18-8-6-15-4-2-3-5-17(15)18)33-25(27)16-7-9-19-20(10-16)32-13-31-19/h2*2-5,7-10,14,25,28H,6,11-13H2,1H3/t14-,25+;14-,25-/m00/s1. The second kappa shape index (κ2) is 16.2. The minimum absolute atomic E-state index is 0.128. The second-order valence-corrected chi connectivity index (χ2v) is 16.9. The van der Waals surface area contributed by atoms with Gasteiger partial charge in [0.25, 0.3) is 11.8 Å². The van der Waals surface area contributed by atoms with E-state index in [1.165, 1.54) is 19.6 Å². The van der Waals surface area contributed by atoms with Gasteiger partial charge >= 0.3 is 0 Å². The number of aliphatic hydroxyl groups excluding tert-OH is 2. The zero-order chi connectivity index (χ0) is 45.4. The minimum Gasteiger partial charge on any atom is -0.463 e. The molecule has 8 aliphatic rings. The van der Waals surface area contributed by atoms with Gasteiger partial charge in [-0.2, -0.15) is 0 Å². The highest BCUT2D eigenvalue weighted by Crippen LogP contribution is 2.50. The molecule has 6 heterocycles. The van der Waals surface area contributed by atoms with Gasteiger partial charge in [-0.3, -0.25) is 29.0 Å². The smallest absolute Gasteiger partial charge is 0.275 e. The van der Waals surface area contributed by atoms with Crippen molar-refractivity contribution in [1.29, 1.82) is 0 Å². The number of rotatable bonds is 8. The first-order chi connectivity index (χ1) is 32.1. The molecule has 66 heavy (non-hydrogen) atoms. The molecule has 2 fully saturated rings. The second-order valence-electron chi connectivity index (χ2n) is 16.9. The van der Waals surface area contributed by atoms with E-state index in [-0.39, 0.29) is 74.9 Å². The monoisotopic (exact) mass is 892 g/mol. The van der Waals surface area contributed by atoms with E-state index in [1.807, 2.05) is 72.8 Å². The van der Waals surface area contributed by atoms with Crippen molar-refractivity contribution in [3.63, 3.8) is 0 Å². The van der Waals surface area contributed by atoms with Crippen LogP contribution in [0.1, 0.15) is 59.7 Å². The van der Waals surface area contributed by atoms with Crippen LogP contribution in [0.4, 0.5) is 0 Å². The molecule has 2 N–H and O–H groups in total. The number of piperazine rings is 2. The molecule has 4 amide bonds. The number of allylic oxidation sites excluding steroid dienone is 4. The molecule has 2 saturated heterocycles. The first-order valence-corrected chi connectivity index (χ1v) is 21.8. The average molecular weight is 893 g/mol. The van der Waals surface area contributed by atoms with Crippen LogP contribution in [-0.2, 0) is 41.5 Å². The Morgan fingerprint density at radius 2 is 0.970 bits per heavy atom. The van der Waals surface area contributed by atoms with Gasteiger partial charge in [0.05, 0.1) is 25.3 Å². The summed E-state index contributed by atoms with van der Waals surface area (Å²) in [6.45, 7) is 2.98. The molecule has 0 radical (unpaired) electrons. The molecule has 4 atom stereocenters. The fraction of sp³-hybridized carbons (Fsp3) is 0.280. The fourth-order valence-electron chi connectivity index (χ4n) is 9.52. The lowest BCUT2D eigenvalue weighted by molar-refractivity contribution is -0.152. The first-order valence-electron chi connectivity index (χ1n) is 21.8. The lowest BCUT2D eigenvalue weighted by Crippen LogP contribution is -2.55. The largest absolute Gasteiger partial charge is 0.463 e. The quantitative estimate of drug-likeness (QED) is 0.250. The number of carbonyl (C=O) groups is 4. The SMILES string of the molecule is C[C@@H](CO)N1CC(=O)N2C(=C(C3=CCc4ccccc43)O[C@@H]2c2ccc3c(c2)OCO3)C1=O.C[C@@H](CO)N1CC(=O)N2C(=C(C3=CCc4ccccc43)O[C@H]2c2ccc3c(c2)OCO3)C1=O. The summed E-state index contributed by atoms with van der Waals surface area (Å²) in [4.78, 5) is 59.6. The van der Waals surface area contributed by atoms with Gasteiger partial charge in [0.15, 0.2) is 45.9 Å². The Bertz CT molecular complexity index is 2690. The molecule has 0 aromatic heterocycles. The van der Waals surface area contributed by atoms with E-state index in [0.717, 1.165) is 46.2 Å². The van der Waals surface area contributed by atoms with Crippen LogP contribution in [0.5, 0.6) is 23.0 Å². The number of hydrogen-bond donors (Lipinski definition) is 2. The Morgan fingerprint density at radius 3 is 1.39 bits per heavy atom. The summed E-state index contributed by atoms with van der Waals surface area (Å²) >= 11 is 0. The predicted octanol–water partition coefficient (Wildman–Crippen LogP) is 4.69. The zero-order valence-corrected chi connectivity index (χ0v) is 36.0. The molecule has 6 aliphatic heterocycles. The van der Waals surface area contributed by atoms with Crippen LogP contribution in [0.2, 0.25) is 0 Å². The van der Waals surface area contributed by atoms with Crippen LogP contribution in [0, 0.1) is 0 Å². The number of nitrogens with zero attached hydrogens (tertiary/aromatic N) is 4. The Balaban J connectivity index is 0.000000146. The third-order valence-corrected chi connectivity index (χ3v) is 13.0. The van der Waals surface area contributed by atoms with E-state index < -0.39 is 24.5 Å². The molecule has 4 aromatic carbocycles. The van der Waals surface area contributed by atoms with Gasteiger partial charge < -0.3 is 48.4 Å². The van der Waals surface area contributed by atoms with Crippen LogP contribution in [0.25, 0.3) is 11.1 Å². The van der Waals surface area contributed by atoms with Gasteiger partial charge in [0, 0.05) is 22.3 Å². The van der Waals surface area contributed by atoms with Crippen LogP contribution < -0.4 is 18.9 Å². The maximum atomic E-state index is 13.6. The molecule has 12 rings (SSSR count).